The number of aromatic nitrogens is 3. The molecule has 0 saturated carbocycles. The van der Waals surface area contributed by atoms with E-state index in [1.54, 1.807) is 14.2 Å². The van der Waals surface area contributed by atoms with Crippen molar-refractivity contribution >= 4 is 39.2 Å². The third kappa shape index (κ3) is 4.49. The first-order chi connectivity index (χ1) is 14.7. The Morgan fingerprint density at radius 3 is 2.67 bits per heavy atom. The number of nitrogens with zero attached hydrogens (tertiary/aromatic N) is 5. The lowest BCUT2D eigenvalue weighted by Gasteiger charge is -2.27. The molecule has 2 N–H and O–H groups in total. The van der Waals surface area contributed by atoms with Gasteiger partial charge in [-0.1, -0.05) is 12.2 Å². The summed E-state index contributed by atoms with van der Waals surface area (Å²) >= 11 is 3.60. The van der Waals surface area contributed by atoms with Gasteiger partial charge < -0.3 is 29.9 Å². The quantitative estimate of drug-likeness (QED) is 0.614. The molecule has 10 heteroatoms. The summed E-state index contributed by atoms with van der Waals surface area (Å²) < 4.78 is 11.9. The van der Waals surface area contributed by atoms with Crippen LogP contribution in [0.3, 0.4) is 0 Å². The standard InChI is InChI=1S/C20H24BrN7O2/c1-29-16-13-14(6-7-15(16)28-10-4-3-5-17(28)21)23-18-24-19(26-20(25-18)30-2)27-11-8-22-9-12-27/h3-7,13,22H,8-12H2,1-2H3,(H,23,24,25,26). The zero-order valence-corrected chi connectivity index (χ0v) is 18.5. The number of methoxy groups -OCH3 is 2. The fourth-order valence-electron chi connectivity index (χ4n) is 3.31. The fourth-order valence-corrected chi connectivity index (χ4v) is 3.80. The second-order valence-corrected chi connectivity index (χ2v) is 7.54. The first-order valence-corrected chi connectivity index (χ1v) is 10.5. The van der Waals surface area contributed by atoms with Crippen LogP contribution in [0.15, 0.2) is 41.0 Å². The van der Waals surface area contributed by atoms with Gasteiger partial charge in [0.15, 0.2) is 0 Å². The zero-order valence-electron chi connectivity index (χ0n) is 16.9. The molecule has 1 saturated heterocycles. The highest BCUT2D eigenvalue weighted by Gasteiger charge is 2.18. The molecule has 3 heterocycles. The molecule has 2 aliphatic heterocycles. The maximum Gasteiger partial charge on any atom is 0.322 e. The molecule has 0 atom stereocenters. The van der Waals surface area contributed by atoms with Crippen molar-refractivity contribution < 1.29 is 9.47 Å². The van der Waals surface area contributed by atoms with Gasteiger partial charge in [0.1, 0.15) is 5.75 Å². The molecule has 1 fully saturated rings. The largest absolute Gasteiger partial charge is 0.494 e. The molecule has 2 aliphatic rings. The number of piperazine rings is 1. The van der Waals surface area contributed by atoms with E-state index in [1.165, 1.54) is 0 Å². The average Bonchev–Trinajstić information content (AvgIpc) is 2.80. The molecule has 2 aromatic rings. The minimum atomic E-state index is 0.277. The van der Waals surface area contributed by atoms with Crippen LogP contribution < -0.4 is 29.9 Å². The van der Waals surface area contributed by atoms with E-state index in [0.717, 1.165) is 54.5 Å². The van der Waals surface area contributed by atoms with Gasteiger partial charge in [0.2, 0.25) is 11.9 Å². The Morgan fingerprint density at radius 2 is 1.93 bits per heavy atom. The lowest BCUT2D eigenvalue weighted by Crippen LogP contribution is -2.44. The number of halogens is 1. The molecule has 1 aromatic heterocycles. The van der Waals surface area contributed by atoms with Crippen molar-refractivity contribution in [3.63, 3.8) is 0 Å². The van der Waals surface area contributed by atoms with E-state index in [9.17, 15) is 0 Å². The SMILES string of the molecule is COc1nc(Nc2ccc(N3CC=CC=C3Br)c(OC)c2)nc(N2CCNCC2)n1. The van der Waals surface area contributed by atoms with E-state index in [2.05, 4.69) is 57.4 Å². The number of hydrogen-bond donors (Lipinski definition) is 2. The maximum absolute atomic E-state index is 5.64. The average molecular weight is 474 g/mol. The second kappa shape index (κ2) is 9.31. The normalized spacial score (nSPS) is 16.3. The van der Waals surface area contributed by atoms with Gasteiger partial charge >= 0.3 is 6.01 Å². The van der Waals surface area contributed by atoms with Crippen molar-refractivity contribution in [2.24, 2.45) is 0 Å². The first-order valence-electron chi connectivity index (χ1n) is 9.68. The van der Waals surface area contributed by atoms with Crippen LogP contribution in [0.4, 0.5) is 23.3 Å². The number of allylic oxidation sites excluding steroid dienone is 2. The van der Waals surface area contributed by atoms with Gasteiger partial charge in [0.05, 0.1) is 24.5 Å². The highest BCUT2D eigenvalue weighted by atomic mass is 79.9. The molecule has 0 unspecified atom stereocenters. The van der Waals surface area contributed by atoms with Crippen LogP contribution in [0.25, 0.3) is 0 Å². The molecule has 0 spiro atoms. The molecule has 30 heavy (non-hydrogen) atoms. The van der Waals surface area contributed by atoms with E-state index < -0.39 is 0 Å². The summed E-state index contributed by atoms with van der Waals surface area (Å²) in [7, 11) is 3.21. The van der Waals surface area contributed by atoms with Gasteiger partial charge in [-0.25, -0.2) is 0 Å². The third-order valence-electron chi connectivity index (χ3n) is 4.83. The van der Waals surface area contributed by atoms with E-state index in [4.69, 9.17) is 9.47 Å². The Hall–Kier alpha value is -2.85. The summed E-state index contributed by atoms with van der Waals surface area (Å²) in [4.78, 5) is 17.6. The van der Waals surface area contributed by atoms with Crippen molar-refractivity contribution in [3.8, 4) is 11.8 Å². The van der Waals surface area contributed by atoms with E-state index in [1.807, 2.05) is 30.4 Å². The Balaban J connectivity index is 1.59. The van der Waals surface area contributed by atoms with Crippen molar-refractivity contribution in [3.05, 3.63) is 41.0 Å². The molecule has 0 aliphatic carbocycles. The fraction of sp³-hybridized carbons (Fsp3) is 0.350. The van der Waals surface area contributed by atoms with Crippen molar-refractivity contribution in [2.45, 2.75) is 0 Å². The summed E-state index contributed by atoms with van der Waals surface area (Å²) in [5.41, 5.74) is 1.77. The van der Waals surface area contributed by atoms with Gasteiger partial charge in [-0.05, 0) is 34.1 Å². The van der Waals surface area contributed by atoms with Crippen LogP contribution >= 0.6 is 15.9 Å². The van der Waals surface area contributed by atoms with E-state index >= 15 is 0 Å². The summed E-state index contributed by atoms with van der Waals surface area (Å²) in [5.74, 6) is 1.76. The number of benzene rings is 1. The molecule has 158 valence electrons. The molecule has 0 bridgehead atoms. The minimum absolute atomic E-state index is 0.277. The second-order valence-electron chi connectivity index (χ2n) is 6.72. The van der Waals surface area contributed by atoms with Gasteiger partial charge in [-0.3, -0.25) is 0 Å². The predicted molar refractivity (Wildman–Crippen MR) is 121 cm³/mol. The van der Waals surface area contributed by atoms with Gasteiger partial charge in [0.25, 0.3) is 0 Å². The summed E-state index contributed by atoms with van der Waals surface area (Å²) in [6.45, 7) is 4.22. The number of anilines is 4. The summed E-state index contributed by atoms with van der Waals surface area (Å²) in [6, 6.07) is 6.18. The molecule has 4 rings (SSSR count). The smallest absolute Gasteiger partial charge is 0.322 e. The Labute approximate surface area is 183 Å². The van der Waals surface area contributed by atoms with E-state index in [-0.39, 0.29) is 6.01 Å². The summed E-state index contributed by atoms with van der Waals surface area (Å²) in [5, 5.41) is 6.58. The van der Waals surface area contributed by atoms with Crippen LogP contribution in [0.2, 0.25) is 0 Å². The lowest BCUT2D eigenvalue weighted by molar-refractivity contribution is 0.378. The molecule has 1 aromatic carbocycles. The first kappa shape index (κ1) is 20.4. The number of rotatable bonds is 6. The Kier molecular flexibility index (Phi) is 6.34. The van der Waals surface area contributed by atoms with E-state index in [0.29, 0.717) is 11.9 Å². The molecule has 0 amide bonds. The van der Waals surface area contributed by atoms with Gasteiger partial charge in [-0.15, -0.1) is 0 Å². The Bertz CT molecular complexity index is 960. The maximum atomic E-state index is 5.64. The van der Waals surface area contributed by atoms with Crippen LogP contribution in [0.1, 0.15) is 0 Å². The Morgan fingerprint density at radius 1 is 1.10 bits per heavy atom. The van der Waals surface area contributed by atoms with Crippen LogP contribution in [0.5, 0.6) is 11.8 Å². The van der Waals surface area contributed by atoms with Gasteiger partial charge in [0, 0.05) is 44.5 Å². The predicted octanol–water partition coefficient (Wildman–Crippen LogP) is 2.65. The van der Waals surface area contributed by atoms with Crippen LogP contribution in [-0.4, -0.2) is 61.9 Å². The third-order valence-corrected chi connectivity index (χ3v) is 5.52. The molecule has 0 radical (unpaired) electrons. The highest BCUT2D eigenvalue weighted by molar-refractivity contribution is 9.11. The number of nitrogens with one attached hydrogen (secondary N) is 2. The van der Waals surface area contributed by atoms with Crippen LogP contribution in [-0.2, 0) is 0 Å². The number of ether oxygens (including phenoxy) is 2. The van der Waals surface area contributed by atoms with Gasteiger partial charge in [-0.2, -0.15) is 15.0 Å². The lowest BCUT2D eigenvalue weighted by atomic mass is 10.2. The monoisotopic (exact) mass is 473 g/mol. The van der Waals surface area contributed by atoms with Crippen molar-refractivity contribution in [2.75, 3.05) is 62.1 Å². The minimum Gasteiger partial charge on any atom is -0.494 e. The molecular formula is C20H24BrN7O2. The van der Waals surface area contributed by atoms with Crippen molar-refractivity contribution in [1.29, 1.82) is 0 Å². The van der Waals surface area contributed by atoms with Crippen LogP contribution in [0, 0.1) is 0 Å². The topological polar surface area (TPSA) is 87.7 Å². The highest BCUT2D eigenvalue weighted by Crippen LogP contribution is 2.36. The molecular weight excluding hydrogens is 450 g/mol. The van der Waals surface area contributed by atoms with Crippen molar-refractivity contribution in [1.82, 2.24) is 20.3 Å². The summed E-state index contributed by atoms with van der Waals surface area (Å²) in [6.07, 6.45) is 6.11. The number of hydrogen-bond acceptors (Lipinski definition) is 9. The molecule has 9 nitrogen and oxygen atoms in total. The zero-order chi connectivity index (χ0) is 20.9.